The molecule has 0 saturated carbocycles. The van der Waals surface area contributed by atoms with E-state index in [1.807, 2.05) is 12.1 Å². The molecule has 0 saturated heterocycles. The van der Waals surface area contributed by atoms with Crippen LogP contribution >= 0.6 is 0 Å². The lowest BCUT2D eigenvalue weighted by molar-refractivity contribution is 0.595. The van der Waals surface area contributed by atoms with E-state index in [1.165, 1.54) is 11.1 Å². The molecule has 0 spiro atoms. The highest BCUT2D eigenvalue weighted by molar-refractivity contribution is 5.59. The quantitative estimate of drug-likeness (QED) is 0.748. The molecule has 0 amide bonds. The van der Waals surface area contributed by atoms with Gasteiger partial charge in [0, 0.05) is 5.56 Å². The number of benzene rings is 1. The molecule has 0 aliphatic heterocycles. The highest BCUT2D eigenvalue weighted by Crippen LogP contribution is 2.23. The SMILES string of the molecule is Cc1cc(C)cc(-c2cnc(N)o2)c1. The summed E-state index contributed by atoms with van der Waals surface area (Å²) in [5.41, 5.74) is 8.84. The summed E-state index contributed by atoms with van der Waals surface area (Å²) >= 11 is 0. The summed E-state index contributed by atoms with van der Waals surface area (Å²) in [6.45, 7) is 4.10. The van der Waals surface area contributed by atoms with Gasteiger partial charge in [-0.05, 0) is 26.0 Å². The van der Waals surface area contributed by atoms with Crippen LogP contribution in [0, 0.1) is 13.8 Å². The molecular weight excluding hydrogens is 176 g/mol. The van der Waals surface area contributed by atoms with Crippen molar-refractivity contribution >= 4 is 6.01 Å². The number of nitrogens with two attached hydrogens (primary N) is 1. The van der Waals surface area contributed by atoms with E-state index in [2.05, 4.69) is 24.9 Å². The number of nitrogens with zero attached hydrogens (tertiary/aromatic N) is 1. The van der Waals surface area contributed by atoms with Gasteiger partial charge in [-0.1, -0.05) is 17.2 Å². The van der Waals surface area contributed by atoms with E-state index in [-0.39, 0.29) is 6.01 Å². The lowest BCUT2D eigenvalue weighted by Gasteiger charge is -2.00. The molecule has 0 radical (unpaired) electrons. The second kappa shape index (κ2) is 3.18. The van der Waals surface area contributed by atoms with E-state index < -0.39 is 0 Å². The fraction of sp³-hybridized carbons (Fsp3) is 0.182. The summed E-state index contributed by atoms with van der Waals surface area (Å²) in [4.78, 5) is 3.86. The maximum atomic E-state index is 5.41. The van der Waals surface area contributed by atoms with E-state index in [9.17, 15) is 0 Å². The van der Waals surface area contributed by atoms with Crippen LogP contribution in [0.5, 0.6) is 0 Å². The van der Waals surface area contributed by atoms with Crippen LogP contribution in [0.3, 0.4) is 0 Å². The van der Waals surface area contributed by atoms with Crippen molar-refractivity contribution in [1.82, 2.24) is 4.98 Å². The van der Waals surface area contributed by atoms with Crippen molar-refractivity contribution in [3.05, 3.63) is 35.5 Å². The van der Waals surface area contributed by atoms with Gasteiger partial charge in [-0.2, -0.15) is 0 Å². The van der Waals surface area contributed by atoms with Gasteiger partial charge in [-0.25, -0.2) is 4.98 Å². The van der Waals surface area contributed by atoms with Crippen LogP contribution in [-0.2, 0) is 0 Å². The Morgan fingerprint density at radius 3 is 2.29 bits per heavy atom. The van der Waals surface area contributed by atoms with Crippen molar-refractivity contribution in [2.45, 2.75) is 13.8 Å². The molecule has 2 aromatic rings. The minimum atomic E-state index is 0.208. The highest BCUT2D eigenvalue weighted by Gasteiger charge is 2.04. The Bertz CT molecular complexity index is 440. The first-order chi connectivity index (χ1) is 6.65. The Balaban J connectivity index is 2.51. The molecule has 3 nitrogen and oxygen atoms in total. The third kappa shape index (κ3) is 1.62. The Morgan fingerprint density at radius 2 is 1.79 bits per heavy atom. The minimum absolute atomic E-state index is 0.208. The van der Waals surface area contributed by atoms with Gasteiger partial charge in [0.2, 0.25) is 0 Å². The van der Waals surface area contributed by atoms with E-state index in [0.717, 1.165) is 5.56 Å². The maximum absolute atomic E-state index is 5.41. The maximum Gasteiger partial charge on any atom is 0.292 e. The largest absolute Gasteiger partial charge is 0.424 e. The van der Waals surface area contributed by atoms with Gasteiger partial charge in [0.05, 0.1) is 6.20 Å². The lowest BCUT2D eigenvalue weighted by Crippen LogP contribution is -1.81. The Kier molecular flexibility index (Phi) is 2.00. The van der Waals surface area contributed by atoms with E-state index in [1.54, 1.807) is 6.20 Å². The zero-order chi connectivity index (χ0) is 10.1. The number of nitrogen functional groups attached to an aromatic ring is 1. The molecule has 0 unspecified atom stereocenters. The van der Waals surface area contributed by atoms with Gasteiger partial charge in [-0.15, -0.1) is 0 Å². The van der Waals surface area contributed by atoms with Crippen LogP contribution < -0.4 is 5.73 Å². The molecular formula is C11H12N2O. The van der Waals surface area contributed by atoms with E-state index >= 15 is 0 Å². The first-order valence-electron chi connectivity index (χ1n) is 4.45. The first-order valence-corrected chi connectivity index (χ1v) is 4.45. The zero-order valence-corrected chi connectivity index (χ0v) is 8.24. The number of anilines is 1. The van der Waals surface area contributed by atoms with Gasteiger partial charge >= 0.3 is 0 Å². The third-order valence-corrected chi connectivity index (χ3v) is 2.03. The third-order valence-electron chi connectivity index (χ3n) is 2.03. The number of rotatable bonds is 1. The number of hydrogen-bond acceptors (Lipinski definition) is 3. The van der Waals surface area contributed by atoms with Gasteiger partial charge in [0.1, 0.15) is 0 Å². The van der Waals surface area contributed by atoms with Crippen LogP contribution in [0.4, 0.5) is 6.01 Å². The van der Waals surface area contributed by atoms with Gasteiger partial charge in [0.15, 0.2) is 5.76 Å². The standard InChI is InChI=1S/C11H12N2O/c1-7-3-8(2)5-9(4-7)10-6-13-11(12)14-10/h3-6H,1-2H3,(H2,12,13). The number of aryl methyl sites for hydroxylation is 2. The van der Waals surface area contributed by atoms with Crippen molar-refractivity contribution in [2.75, 3.05) is 5.73 Å². The van der Waals surface area contributed by atoms with Crippen LogP contribution in [0.25, 0.3) is 11.3 Å². The van der Waals surface area contributed by atoms with Crippen LogP contribution in [0.1, 0.15) is 11.1 Å². The molecule has 3 heteroatoms. The average molecular weight is 188 g/mol. The number of oxazole rings is 1. The molecule has 0 atom stereocenters. The average Bonchev–Trinajstić information content (AvgIpc) is 2.50. The number of hydrogen-bond donors (Lipinski definition) is 1. The Hall–Kier alpha value is -1.77. The molecule has 0 bridgehead atoms. The van der Waals surface area contributed by atoms with Crippen LogP contribution in [0.2, 0.25) is 0 Å². The van der Waals surface area contributed by atoms with Crippen molar-refractivity contribution in [3.63, 3.8) is 0 Å². The smallest absolute Gasteiger partial charge is 0.292 e. The predicted octanol–water partition coefficient (Wildman–Crippen LogP) is 2.54. The van der Waals surface area contributed by atoms with E-state index in [4.69, 9.17) is 10.2 Å². The Morgan fingerprint density at radius 1 is 1.14 bits per heavy atom. The fourth-order valence-corrected chi connectivity index (χ4v) is 1.54. The molecule has 14 heavy (non-hydrogen) atoms. The molecule has 1 aromatic carbocycles. The van der Waals surface area contributed by atoms with Gasteiger partial charge in [-0.3, -0.25) is 0 Å². The van der Waals surface area contributed by atoms with Crippen LogP contribution in [-0.4, -0.2) is 4.98 Å². The van der Waals surface area contributed by atoms with Crippen molar-refractivity contribution in [3.8, 4) is 11.3 Å². The van der Waals surface area contributed by atoms with Gasteiger partial charge < -0.3 is 10.2 Å². The van der Waals surface area contributed by atoms with E-state index in [0.29, 0.717) is 5.76 Å². The predicted molar refractivity (Wildman–Crippen MR) is 55.8 cm³/mol. The molecule has 2 N–H and O–H groups in total. The second-order valence-electron chi connectivity index (χ2n) is 3.44. The minimum Gasteiger partial charge on any atom is -0.424 e. The summed E-state index contributed by atoms with van der Waals surface area (Å²) in [6, 6.07) is 6.42. The monoisotopic (exact) mass is 188 g/mol. The summed E-state index contributed by atoms with van der Waals surface area (Å²) in [5.74, 6) is 0.717. The normalized spacial score (nSPS) is 10.4. The zero-order valence-electron chi connectivity index (χ0n) is 8.24. The molecule has 2 rings (SSSR count). The Labute approximate surface area is 82.6 Å². The van der Waals surface area contributed by atoms with Crippen molar-refractivity contribution in [1.29, 1.82) is 0 Å². The molecule has 72 valence electrons. The van der Waals surface area contributed by atoms with Crippen molar-refractivity contribution < 1.29 is 4.42 Å². The highest BCUT2D eigenvalue weighted by atomic mass is 16.4. The van der Waals surface area contributed by atoms with Crippen molar-refractivity contribution in [2.24, 2.45) is 0 Å². The summed E-state index contributed by atoms with van der Waals surface area (Å²) in [7, 11) is 0. The molecule has 0 fully saturated rings. The number of aromatic nitrogens is 1. The van der Waals surface area contributed by atoms with Gasteiger partial charge in [0.25, 0.3) is 6.01 Å². The summed E-state index contributed by atoms with van der Waals surface area (Å²) in [5, 5.41) is 0. The summed E-state index contributed by atoms with van der Waals surface area (Å²) < 4.78 is 5.25. The lowest BCUT2D eigenvalue weighted by atomic mass is 10.1. The molecule has 0 aliphatic rings. The summed E-state index contributed by atoms with van der Waals surface area (Å²) in [6.07, 6.45) is 1.64. The molecule has 1 heterocycles. The second-order valence-corrected chi connectivity index (χ2v) is 3.44. The molecule has 1 aromatic heterocycles. The molecule has 0 aliphatic carbocycles. The first kappa shape index (κ1) is 8.81. The topological polar surface area (TPSA) is 52.0 Å². The fourth-order valence-electron chi connectivity index (χ4n) is 1.54. The van der Waals surface area contributed by atoms with Crippen LogP contribution in [0.15, 0.2) is 28.8 Å².